The lowest BCUT2D eigenvalue weighted by molar-refractivity contribution is 0.213. The summed E-state index contributed by atoms with van der Waals surface area (Å²) in [6, 6.07) is 1.51. The third-order valence-electron chi connectivity index (χ3n) is 5.94. The largest absolute Gasteiger partial charge is 0.314 e. The molecule has 21 heavy (non-hydrogen) atoms. The third kappa shape index (κ3) is 5.25. The molecule has 1 aliphatic heterocycles. The van der Waals surface area contributed by atoms with Gasteiger partial charge in [0.05, 0.1) is 0 Å². The van der Waals surface area contributed by atoms with Gasteiger partial charge in [-0.15, -0.1) is 0 Å². The Morgan fingerprint density at radius 3 is 2.43 bits per heavy atom. The fraction of sp³-hybridized carbons (Fsp3) is 1.00. The summed E-state index contributed by atoms with van der Waals surface area (Å²) in [5.41, 5.74) is 0.498. The molecular weight excluding hydrogens is 256 g/mol. The highest BCUT2D eigenvalue weighted by molar-refractivity contribution is 4.84. The summed E-state index contributed by atoms with van der Waals surface area (Å²) in [5, 5.41) is 3.91. The van der Waals surface area contributed by atoms with Crippen LogP contribution in [0.3, 0.4) is 0 Å². The molecule has 2 heteroatoms. The van der Waals surface area contributed by atoms with Crippen LogP contribution in [0.15, 0.2) is 0 Å². The van der Waals surface area contributed by atoms with Gasteiger partial charge in [-0.2, -0.15) is 0 Å². The van der Waals surface area contributed by atoms with Gasteiger partial charge in [0.2, 0.25) is 0 Å². The number of hydrogen-bond acceptors (Lipinski definition) is 2. The zero-order valence-corrected chi connectivity index (χ0v) is 15.1. The molecule has 2 aliphatic rings. The maximum atomic E-state index is 3.91. The minimum atomic E-state index is 0.498. The predicted molar refractivity (Wildman–Crippen MR) is 92.6 cm³/mol. The van der Waals surface area contributed by atoms with Crippen molar-refractivity contribution in [2.75, 3.05) is 19.6 Å². The molecule has 2 nitrogen and oxygen atoms in total. The van der Waals surface area contributed by atoms with Gasteiger partial charge < -0.3 is 10.2 Å². The lowest BCUT2D eigenvalue weighted by atomic mass is 9.76. The van der Waals surface area contributed by atoms with Crippen molar-refractivity contribution in [2.24, 2.45) is 17.3 Å². The van der Waals surface area contributed by atoms with Crippen LogP contribution in [0.25, 0.3) is 0 Å². The molecule has 3 atom stereocenters. The molecule has 1 saturated carbocycles. The van der Waals surface area contributed by atoms with Crippen LogP contribution < -0.4 is 5.32 Å². The zero-order chi connectivity index (χ0) is 15.5. The van der Waals surface area contributed by atoms with Crippen molar-refractivity contribution in [3.8, 4) is 0 Å². The Labute approximate surface area is 133 Å². The van der Waals surface area contributed by atoms with E-state index in [1.807, 2.05) is 0 Å². The first-order chi connectivity index (χ1) is 9.86. The minimum Gasteiger partial charge on any atom is -0.314 e. The number of likely N-dealkylation sites (tertiary alicyclic amines) is 1. The summed E-state index contributed by atoms with van der Waals surface area (Å²) >= 11 is 0. The SMILES string of the molecule is CC(C)N1CCC(CNC2CCCC(C(C)(C)C)CC2)C1. The molecule has 0 bridgehead atoms. The third-order valence-corrected chi connectivity index (χ3v) is 5.94. The van der Waals surface area contributed by atoms with Crippen molar-refractivity contribution in [1.29, 1.82) is 0 Å². The molecule has 0 aromatic carbocycles. The predicted octanol–water partition coefficient (Wildman–Crippen LogP) is 4.30. The molecule has 0 radical (unpaired) electrons. The Hall–Kier alpha value is -0.0800. The zero-order valence-electron chi connectivity index (χ0n) is 15.1. The molecule has 3 unspecified atom stereocenters. The van der Waals surface area contributed by atoms with Gasteiger partial charge in [0.1, 0.15) is 0 Å². The fourth-order valence-corrected chi connectivity index (χ4v) is 4.20. The highest BCUT2D eigenvalue weighted by Gasteiger charge is 2.29. The molecule has 124 valence electrons. The van der Waals surface area contributed by atoms with Gasteiger partial charge in [-0.1, -0.05) is 27.2 Å². The van der Waals surface area contributed by atoms with Crippen LogP contribution in [0.1, 0.15) is 73.1 Å². The minimum absolute atomic E-state index is 0.498. The van der Waals surface area contributed by atoms with Gasteiger partial charge in [-0.3, -0.25) is 0 Å². The van der Waals surface area contributed by atoms with Crippen LogP contribution in [0.5, 0.6) is 0 Å². The van der Waals surface area contributed by atoms with Crippen LogP contribution in [-0.2, 0) is 0 Å². The van der Waals surface area contributed by atoms with E-state index in [1.165, 1.54) is 58.2 Å². The Balaban J connectivity index is 1.70. The number of hydrogen-bond donors (Lipinski definition) is 1. The molecule has 1 aliphatic carbocycles. The highest BCUT2D eigenvalue weighted by atomic mass is 15.2. The Morgan fingerprint density at radius 2 is 1.81 bits per heavy atom. The molecular formula is C19H38N2. The highest BCUT2D eigenvalue weighted by Crippen LogP contribution is 2.36. The van der Waals surface area contributed by atoms with E-state index in [4.69, 9.17) is 0 Å². The Bertz CT molecular complexity index is 305. The molecule has 0 aromatic rings. The molecule has 1 heterocycles. The summed E-state index contributed by atoms with van der Waals surface area (Å²) < 4.78 is 0. The molecule has 0 amide bonds. The lowest BCUT2D eigenvalue weighted by Crippen LogP contribution is -2.35. The second-order valence-corrected chi connectivity index (χ2v) is 8.92. The van der Waals surface area contributed by atoms with E-state index >= 15 is 0 Å². The van der Waals surface area contributed by atoms with Gasteiger partial charge in [0.15, 0.2) is 0 Å². The van der Waals surface area contributed by atoms with Crippen LogP contribution in [0.4, 0.5) is 0 Å². The number of nitrogens with zero attached hydrogens (tertiary/aromatic N) is 1. The van der Waals surface area contributed by atoms with Gasteiger partial charge in [0, 0.05) is 18.6 Å². The van der Waals surface area contributed by atoms with Crippen LogP contribution in [0.2, 0.25) is 0 Å². The molecule has 0 aromatic heterocycles. The Kier molecular flexibility index (Phi) is 6.14. The lowest BCUT2D eigenvalue weighted by Gasteiger charge is -2.29. The standard InChI is InChI=1S/C19H38N2/c1-15(2)21-12-11-16(14-21)13-20-18-8-6-7-17(9-10-18)19(3,4)5/h15-18,20H,6-14H2,1-5H3. The van der Waals surface area contributed by atoms with Gasteiger partial charge >= 0.3 is 0 Å². The topological polar surface area (TPSA) is 15.3 Å². The first-order valence-corrected chi connectivity index (χ1v) is 9.33. The maximum absolute atomic E-state index is 3.91. The second-order valence-electron chi connectivity index (χ2n) is 8.92. The van der Waals surface area contributed by atoms with Gasteiger partial charge in [-0.25, -0.2) is 0 Å². The molecule has 2 rings (SSSR count). The van der Waals surface area contributed by atoms with E-state index in [2.05, 4.69) is 44.8 Å². The second kappa shape index (κ2) is 7.46. The van der Waals surface area contributed by atoms with Crippen LogP contribution in [0, 0.1) is 17.3 Å². The quantitative estimate of drug-likeness (QED) is 0.778. The van der Waals surface area contributed by atoms with E-state index < -0.39 is 0 Å². The summed E-state index contributed by atoms with van der Waals surface area (Å²) in [7, 11) is 0. The Morgan fingerprint density at radius 1 is 1.05 bits per heavy atom. The summed E-state index contributed by atoms with van der Waals surface area (Å²) in [6.07, 6.45) is 8.46. The van der Waals surface area contributed by atoms with Crippen molar-refractivity contribution < 1.29 is 0 Å². The number of nitrogens with one attached hydrogen (secondary N) is 1. The van der Waals surface area contributed by atoms with Crippen LogP contribution in [-0.4, -0.2) is 36.6 Å². The van der Waals surface area contributed by atoms with Gasteiger partial charge in [-0.05, 0) is 76.3 Å². The van der Waals surface area contributed by atoms with E-state index in [9.17, 15) is 0 Å². The number of rotatable bonds is 4. The summed E-state index contributed by atoms with van der Waals surface area (Å²) in [6.45, 7) is 15.8. The van der Waals surface area contributed by atoms with Gasteiger partial charge in [0.25, 0.3) is 0 Å². The van der Waals surface area contributed by atoms with E-state index in [0.29, 0.717) is 5.41 Å². The maximum Gasteiger partial charge on any atom is 0.00672 e. The van der Waals surface area contributed by atoms with Crippen molar-refractivity contribution in [1.82, 2.24) is 10.2 Å². The average Bonchev–Trinajstić information content (AvgIpc) is 2.73. The summed E-state index contributed by atoms with van der Waals surface area (Å²) in [5.74, 6) is 1.81. The van der Waals surface area contributed by atoms with Crippen molar-refractivity contribution in [3.63, 3.8) is 0 Å². The van der Waals surface area contributed by atoms with Crippen molar-refractivity contribution >= 4 is 0 Å². The van der Waals surface area contributed by atoms with E-state index in [0.717, 1.165) is 23.9 Å². The van der Waals surface area contributed by atoms with E-state index in [-0.39, 0.29) is 0 Å². The van der Waals surface area contributed by atoms with E-state index in [1.54, 1.807) is 0 Å². The van der Waals surface area contributed by atoms with Crippen molar-refractivity contribution in [3.05, 3.63) is 0 Å². The first kappa shape index (κ1) is 17.3. The molecule has 2 fully saturated rings. The van der Waals surface area contributed by atoms with Crippen LogP contribution >= 0.6 is 0 Å². The smallest absolute Gasteiger partial charge is 0.00672 e. The molecule has 0 spiro atoms. The normalized spacial score (nSPS) is 32.6. The molecule has 1 N–H and O–H groups in total. The summed E-state index contributed by atoms with van der Waals surface area (Å²) in [4.78, 5) is 2.63. The molecule has 1 saturated heterocycles. The fourth-order valence-electron chi connectivity index (χ4n) is 4.20. The first-order valence-electron chi connectivity index (χ1n) is 9.33. The monoisotopic (exact) mass is 294 g/mol. The van der Waals surface area contributed by atoms with Crippen molar-refractivity contribution in [2.45, 2.75) is 85.2 Å². The average molecular weight is 295 g/mol.